The predicted octanol–water partition coefficient (Wildman–Crippen LogP) is 5.30. The molecule has 1 fully saturated rings. The van der Waals surface area contributed by atoms with Crippen molar-refractivity contribution in [2.45, 2.75) is 25.4 Å². The van der Waals surface area contributed by atoms with Gasteiger partial charge in [-0.2, -0.15) is 0 Å². The number of halogens is 1. The number of aromatic nitrogens is 1. The van der Waals surface area contributed by atoms with Crippen molar-refractivity contribution in [2.24, 2.45) is 0 Å². The van der Waals surface area contributed by atoms with Crippen LogP contribution in [0.4, 0.5) is 4.39 Å². The number of rotatable bonds is 6. The van der Waals surface area contributed by atoms with Crippen LogP contribution in [0.15, 0.2) is 47.8 Å². The number of para-hydroxylation sites is 1. The van der Waals surface area contributed by atoms with Gasteiger partial charge < -0.3 is 9.47 Å². The fraction of sp³-hybridized carbons (Fsp3) is 0.318. The molecule has 0 amide bonds. The lowest BCUT2D eigenvalue weighted by atomic mass is 10.0. The van der Waals surface area contributed by atoms with E-state index in [4.69, 9.17) is 14.5 Å². The third-order valence-electron chi connectivity index (χ3n) is 5.17. The van der Waals surface area contributed by atoms with Crippen molar-refractivity contribution < 1.29 is 13.9 Å². The smallest absolute Gasteiger partial charge is 0.170 e. The highest BCUT2D eigenvalue weighted by Crippen LogP contribution is 2.39. The van der Waals surface area contributed by atoms with Crippen molar-refractivity contribution in [3.8, 4) is 22.1 Å². The van der Waals surface area contributed by atoms with E-state index in [9.17, 15) is 4.39 Å². The first-order valence-corrected chi connectivity index (χ1v) is 10.2. The molecule has 146 valence electrons. The van der Waals surface area contributed by atoms with Gasteiger partial charge in [0.25, 0.3) is 0 Å². The molecule has 0 N–H and O–H groups in total. The van der Waals surface area contributed by atoms with Crippen LogP contribution >= 0.6 is 11.3 Å². The summed E-state index contributed by atoms with van der Waals surface area (Å²) in [5.41, 5.74) is 3.15. The molecule has 0 spiro atoms. The van der Waals surface area contributed by atoms with Crippen LogP contribution in [0, 0.1) is 5.82 Å². The van der Waals surface area contributed by atoms with E-state index >= 15 is 0 Å². The Morgan fingerprint density at radius 3 is 2.71 bits per heavy atom. The van der Waals surface area contributed by atoms with E-state index in [1.165, 1.54) is 5.56 Å². The quantitative estimate of drug-likeness (QED) is 0.564. The fourth-order valence-electron chi connectivity index (χ4n) is 3.84. The zero-order valence-corrected chi connectivity index (χ0v) is 16.8. The molecule has 0 saturated carbocycles. The van der Waals surface area contributed by atoms with Gasteiger partial charge in [0.2, 0.25) is 0 Å². The number of hydrogen-bond donors (Lipinski definition) is 0. The summed E-state index contributed by atoms with van der Waals surface area (Å²) in [7, 11) is 3.28. The van der Waals surface area contributed by atoms with E-state index in [0.29, 0.717) is 17.5 Å². The molecule has 3 aromatic rings. The number of benzene rings is 2. The Morgan fingerprint density at radius 2 is 1.96 bits per heavy atom. The Bertz CT molecular complexity index is 942. The highest BCUT2D eigenvalue weighted by molar-refractivity contribution is 7.13. The van der Waals surface area contributed by atoms with Gasteiger partial charge in [-0.15, -0.1) is 11.3 Å². The lowest BCUT2D eigenvalue weighted by Gasteiger charge is -2.24. The Morgan fingerprint density at radius 1 is 1.14 bits per heavy atom. The summed E-state index contributed by atoms with van der Waals surface area (Å²) in [5.74, 6) is 1.22. The van der Waals surface area contributed by atoms with Crippen LogP contribution in [-0.4, -0.2) is 30.6 Å². The molecule has 0 bridgehead atoms. The number of ether oxygens (including phenoxy) is 2. The average Bonchev–Trinajstić information content (AvgIpc) is 3.38. The highest BCUT2D eigenvalue weighted by atomic mass is 32.1. The minimum absolute atomic E-state index is 0.190. The van der Waals surface area contributed by atoms with Crippen LogP contribution in [0.1, 0.15) is 30.1 Å². The fourth-order valence-corrected chi connectivity index (χ4v) is 4.68. The molecule has 28 heavy (non-hydrogen) atoms. The van der Waals surface area contributed by atoms with Crippen LogP contribution in [0.2, 0.25) is 0 Å². The summed E-state index contributed by atoms with van der Waals surface area (Å²) in [6.45, 7) is 1.81. The van der Waals surface area contributed by atoms with Gasteiger partial charge in [0.15, 0.2) is 11.5 Å². The van der Waals surface area contributed by atoms with Crippen molar-refractivity contribution in [2.75, 3.05) is 20.8 Å². The lowest BCUT2D eigenvalue weighted by molar-refractivity contribution is 0.246. The molecule has 0 aliphatic carbocycles. The van der Waals surface area contributed by atoms with Gasteiger partial charge in [0, 0.05) is 18.0 Å². The number of methoxy groups -OCH3 is 2. The maximum absolute atomic E-state index is 13.3. The molecule has 6 heteroatoms. The monoisotopic (exact) mass is 398 g/mol. The number of thiazole rings is 1. The van der Waals surface area contributed by atoms with Crippen molar-refractivity contribution in [1.82, 2.24) is 9.88 Å². The second kappa shape index (κ2) is 8.29. The second-order valence-electron chi connectivity index (χ2n) is 6.87. The SMILES string of the molecule is COc1cccc(-c2nc(CN3CCCC3c3ccc(F)cc3)cs2)c1OC. The van der Waals surface area contributed by atoms with E-state index < -0.39 is 0 Å². The van der Waals surface area contributed by atoms with Gasteiger partial charge in [-0.25, -0.2) is 9.37 Å². The highest BCUT2D eigenvalue weighted by Gasteiger charge is 2.27. The second-order valence-corrected chi connectivity index (χ2v) is 7.72. The first-order valence-electron chi connectivity index (χ1n) is 9.35. The summed E-state index contributed by atoms with van der Waals surface area (Å²) in [6.07, 6.45) is 2.23. The molecule has 1 unspecified atom stereocenters. The van der Waals surface area contributed by atoms with Crippen LogP contribution < -0.4 is 9.47 Å². The molecular formula is C22H23FN2O2S. The third-order valence-corrected chi connectivity index (χ3v) is 6.09. The van der Waals surface area contributed by atoms with E-state index in [1.54, 1.807) is 37.7 Å². The van der Waals surface area contributed by atoms with Crippen molar-refractivity contribution >= 4 is 11.3 Å². The van der Waals surface area contributed by atoms with E-state index in [0.717, 1.165) is 42.2 Å². The number of hydrogen-bond acceptors (Lipinski definition) is 5. The molecule has 2 aromatic carbocycles. The molecule has 0 radical (unpaired) electrons. The van der Waals surface area contributed by atoms with E-state index in [1.807, 2.05) is 30.3 Å². The molecule has 4 rings (SSSR count). The van der Waals surface area contributed by atoms with E-state index in [-0.39, 0.29) is 5.82 Å². The van der Waals surface area contributed by atoms with Crippen LogP contribution in [0.5, 0.6) is 11.5 Å². The lowest BCUT2D eigenvalue weighted by Crippen LogP contribution is -2.22. The number of nitrogens with zero attached hydrogens (tertiary/aromatic N) is 2. The molecular weight excluding hydrogens is 375 g/mol. The van der Waals surface area contributed by atoms with Gasteiger partial charge in [0.1, 0.15) is 10.8 Å². The molecule has 1 saturated heterocycles. The molecule has 1 aliphatic rings. The first kappa shape index (κ1) is 18.9. The van der Waals surface area contributed by atoms with Gasteiger partial charge in [-0.05, 0) is 49.2 Å². The zero-order chi connectivity index (χ0) is 19.5. The largest absolute Gasteiger partial charge is 0.493 e. The van der Waals surface area contributed by atoms with E-state index in [2.05, 4.69) is 10.3 Å². The molecule has 1 aliphatic heterocycles. The topological polar surface area (TPSA) is 34.6 Å². The molecule has 1 aromatic heterocycles. The Hall–Kier alpha value is -2.44. The Labute approximate surface area is 168 Å². The van der Waals surface area contributed by atoms with Gasteiger partial charge in [-0.1, -0.05) is 18.2 Å². The van der Waals surface area contributed by atoms with Crippen molar-refractivity contribution in [1.29, 1.82) is 0 Å². The van der Waals surface area contributed by atoms with Gasteiger partial charge >= 0.3 is 0 Å². The maximum Gasteiger partial charge on any atom is 0.170 e. The molecule has 4 nitrogen and oxygen atoms in total. The van der Waals surface area contributed by atoms with Crippen LogP contribution in [-0.2, 0) is 6.54 Å². The summed E-state index contributed by atoms with van der Waals surface area (Å²) < 4.78 is 24.2. The van der Waals surface area contributed by atoms with Crippen LogP contribution in [0.3, 0.4) is 0 Å². The first-order chi connectivity index (χ1) is 13.7. The normalized spacial score (nSPS) is 17.0. The van der Waals surface area contributed by atoms with Gasteiger partial charge in [-0.3, -0.25) is 4.90 Å². The standard InChI is InChI=1S/C22H23FN2O2S/c1-26-20-7-3-5-18(21(20)27-2)22-24-17(14-28-22)13-25-12-4-6-19(25)15-8-10-16(23)11-9-15/h3,5,7-11,14,19H,4,6,12-13H2,1-2H3. The molecule has 2 heterocycles. The minimum Gasteiger partial charge on any atom is -0.493 e. The van der Waals surface area contributed by atoms with Crippen molar-refractivity contribution in [3.05, 3.63) is 64.9 Å². The summed E-state index contributed by atoms with van der Waals surface area (Å²) in [6, 6.07) is 13.0. The minimum atomic E-state index is -0.190. The van der Waals surface area contributed by atoms with Crippen molar-refractivity contribution in [3.63, 3.8) is 0 Å². The van der Waals surface area contributed by atoms with Gasteiger partial charge in [0.05, 0.1) is 25.5 Å². The summed E-state index contributed by atoms with van der Waals surface area (Å²) >= 11 is 1.61. The Kier molecular flexibility index (Phi) is 5.59. The average molecular weight is 399 g/mol. The predicted molar refractivity (Wildman–Crippen MR) is 109 cm³/mol. The number of likely N-dealkylation sites (tertiary alicyclic amines) is 1. The Balaban J connectivity index is 1.54. The molecule has 1 atom stereocenters. The summed E-state index contributed by atoms with van der Waals surface area (Å²) in [4.78, 5) is 7.28. The van der Waals surface area contributed by atoms with Crippen LogP contribution in [0.25, 0.3) is 10.6 Å². The maximum atomic E-state index is 13.3. The third kappa shape index (κ3) is 3.75. The summed E-state index contributed by atoms with van der Waals surface area (Å²) in [5, 5.41) is 3.03. The zero-order valence-electron chi connectivity index (χ0n) is 16.0.